The van der Waals surface area contributed by atoms with Crippen molar-refractivity contribution in [2.45, 2.75) is 32.4 Å². The van der Waals surface area contributed by atoms with Crippen LogP contribution in [0.25, 0.3) is 0 Å². The maximum absolute atomic E-state index is 11.1. The van der Waals surface area contributed by atoms with Crippen molar-refractivity contribution in [1.29, 1.82) is 0 Å². The van der Waals surface area contributed by atoms with Crippen molar-refractivity contribution in [3.05, 3.63) is 0 Å². The molecule has 0 aliphatic heterocycles. The SMILES string of the molecule is CCOC(=O)[C@H](N)C[C@H](N)C(=O)OCC. The molecule has 0 saturated heterocycles. The van der Waals surface area contributed by atoms with Crippen LogP contribution in [0.5, 0.6) is 0 Å². The summed E-state index contributed by atoms with van der Waals surface area (Å²) in [4.78, 5) is 22.2. The molecule has 6 nitrogen and oxygen atoms in total. The van der Waals surface area contributed by atoms with Gasteiger partial charge in [-0.1, -0.05) is 0 Å². The van der Waals surface area contributed by atoms with E-state index in [-0.39, 0.29) is 19.6 Å². The van der Waals surface area contributed by atoms with Gasteiger partial charge in [0.05, 0.1) is 13.2 Å². The lowest BCUT2D eigenvalue weighted by atomic mass is 10.1. The van der Waals surface area contributed by atoms with Gasteiger partial charge in [0.25, 0.3) is 0 Å². The molecule has 2 atom stereocenters. The monoisotopic (exact) mass is 218 g/mol. The Morgan fingerprint density at radius 1 is 1.00 bits per heavy atom. The molecule has 4 N–H and O–H groups in total. The Hall–Kier alpha value is -1.14. The average Bonchev–Trinajstić information content (AvgIpc) is 2.18. The summed E-state index contributed by atoms with van der Waals surface area (Å²) < 4.78 is 9.35. The standard InChI is InChI=1S/C9H18N2O4/c1-3-14-8(12)6(10)5-7(11)9(13)15-4-2/h6-7H,3-5,10-11H2,1-2H3/t6-,7+. The van der Waals surface area contributed by atoms with Crippen LogP contribution in [0.15, 0.2) is 0 Å². The molecule has 15 heavy (non-hydrogen) atoms. The van der Waals surface area contributed by atoms with Crippen molar-refractivity contribution in [2.24, 2.45) is 11.5 Å². The number of rotatable bonds is 6. The van der Waals surface area contributed by atoms with Crippen LogP contribution in [0, 0.1) is 0 Å². The van der Waals surface area contributed by atoms with E-state index in [0.717, 1.165) is 0 Å². The van der Waals surface area contributed by atoms with E-state index in [9.17, 15) is 9.59 Å². The highest BCUT2D eigenvalue weighted by molar-refractivity contribution is 5.79. The third kappa shape index (κ3) is 5.34. The van der Waals surface area contributed by atoms with Gasteiger partial charge in [0.15, 0.2) is 0 Å². The Balaban J connectivity index is 3.99. The minimum absolute atomic E-state index is 0.0255. The van der Waals surface area contributed by atoms with Gasteiger partial charge >= 0.3 is 11.9 Å². The van der Waals surface area contributed by atoms with Gasteiger partial charge in [-0.2, -0.15) is 0 Å². The molecule has 0 fully saturated rings. The van der Waals surface area contributed by atoms with E-state index < -0.39 is 24.0 Å². The molecule has 0 bridgehead atoms. The van der Waals surface area contributed by atoms with Crippen molar-refractivity contribution in [1.82, 2.24) is 0 Å². The summed E-state index contributed by atoms with van der Waals surface area (Å²) in [6, 6.07) is -1.77. The fourth-order valence-electron chi connectivity index (χ4n) is 0.965. The maximum atomic E-state index is 11.1. The number of hydrogen-bond acceptors (Lipinski definition) is 6. The quantitative estimate of drug-likeness (QED) is 0.563. The molecule has 88 valence electrons. The van der Waals surface area contributed by atoms with Gasteiger partial charge in [0.1, 0.15) is 12.1 Å². The number of carbonyl (C=O) groups excluding carboxylic acids is 2. The minimum Gasteiger partial charge on any atom is -0.465 e. The summed E-state index contributed by atoms with van der Waals surface area (Å²) in [5.74, 6) is -1.12. The highest BCUT2D eigenvalue weighted by Crippen LogP contribution is 1.98. The second-order valence-corrected chi connectivity index (χ2v) is 2.95. The Labute approximate surface area is 88.9 Å². The van der Waals surface area contributed by atoms with Gasteiger partial charge in [-0.15, -0.1) is 0 Å². The van der Waals surface area contributed by atoms with Gasteiger partial charge in [-0.05, 0) is 20.3 Å². The molecule has 0 amide bonds. The fraction of sp³-hybridized carbons (Fsp3) is 0.778. The molecule has 0 unspecified atom stereocenters. The van der Waals surface area contributed by atoms with Crippen LogP contribution < -0.4 is 11.5 Å². The van der Waals surface area contributed by atoms with E-state index in [4.69, 9.17) is 11.5 Å². The molecule has 0 heterocycles. The van der Waals surface area contributed by atoms with Gasteiger partial charge in [-0.25, -0.2) is 0 Å². The summed E-state index contributed by atoms with van der Waals surface area (Å²) in [5, 5.41) is 0. The van der Waals surface area contributed by atoms with Gasteiger partial charge in [0, 0.05) is 0 Å². The zero-order valence-corrected chi connectivity index (χ0v) is 9.06. The molecule has 0 radical (unpaired) electrons. The molecule has 6 heteroatoms. The average molecular weight is 218 g/mol. The molecular formula is C9H18N2O4. The first-order chi connectivity index (χ1) is 7.02. The van der Waals surface area contributed by atoms with Crippen LogP contribution in [0.4, 0.5) is 0 Å². The van der Waals surface area contributed by atoms with Gasteiger partial charge in [0.2, 0.25) is 0 Å². The Morgan fingerprint density at radius 2 is 1.33 bits per heavy atom. The number of nitrogens with two attached hydrogens (primary N) is 2. The summed E-state index contributed by atoms with van der Waals surface area (Å²) in [7, 11) is 0. The van der Waals surface area contributed by atoms with Crippen LogP contribution in [-0.4, -0.2) is 37.2 Å². The van der Waals surface area contributed by atoms with E-state index in [0.29, 0.717) is 0 Å². The first kappa shape index (κ1) is 13.9. The van der Waals surface area contributed by atoms with E-state index in [1.165, 1.54) is 0 Å². The molecule has 0 aromatic rings. The van der Waals surface area contributed by atoms with Crippen LogP contribution >= 0.6 is 0 Å². The first-order valence-electron chi connectivity index (χ1n) is 4.87. The maximum Gasteiger partial charge on any atom is 0.322 e. The lowest BCUT2D eigenvalue weighted by Crippen LogP contribution is -2.42. The van der Waals surface area contributed by atoms with Crippen LogP contribution in [0.2, 0.25) is 0 Å². The van der Waals surface area contributed by atoms with Crippen molar-refractivity contribution >= 4 is 11.9 Å². The minimum atomic E-state index is -0.885. The highest BCUT2D eigenvalue weighted by atomic mass is 16.5. The Bertz CT molecular complexity index is 198. The predicted molar refractivity (Wildman–Crippen MR) is 53.8 cm³/mol. The van der Waals surface area contributed by atoms with Gasteiger partial charge < -0.3 is 20.9 Å². The number of ether oxygens (including phenoxy) is 2. The van der Waals surface area contributed by atoms with Crippen molar-refractivity contribution < 1.29 is 19.1 Å². The summed E-state index contributed by atoms with van der Waals surface area (Å²) in [6.07, 6.45) is 0.0255. The topological polar surface area (TPSA) is 105 Å². The summed E-state index contributed by atoms with van der Waals surface area (Å²) >= 11 is 0. The number of esters is 2. The summed E-state index contributed by atoms with van der Waals surface area (Å²) in [6.45, 7) is 3.86. The second-order valence-electron chi connectivity index (χ2n) is 2.95. The lowest BCUT2D eigenvalue weighted by molar-refractivity contribution is -0.147. The molecule has 0 aliphatic rings. The molecule has 0 spiro atoms. The second kappa shape index (κ2) is 7.19. The van der Waals surface area contributed by atoms with E-state index in [2.05, 4.69) is 9.47 Å². The third-order valence-corrected chi connectivity index (χ3v) is 1.69. The van der Waals surface area contributed by atoms with Crippen LogP contribution in [-0.2, 0) is 19.1 Å². The largest absolute Gasteiger partial charge is 0.465 e. The number of hydrogen-bond donors (Lipinski definition) is 2. The Morgan fingerprint density at radius 3 is 1.60 bits per heavy atom. The summed E-state index contributed by atoms with van der Waals surface area (Å²) in [5.41, 5.74) is 11.0. The van der Waals surface area contributed by atoms with Crippen molar-refractivity contribution in [3.8, 4) is 0 Å². The van der Waals surface area contributed by atoms with Crippen LogP contribution in [0.1, 0.15) is 20.3 Å². The number of carbonyl (C=O) groups is 2. The highest BCUT2D eigenvalue weighted by Gasteiger charge is 2.23. The molecular weight excluding hydrogens is 200 g/mol. The zero-order chi connectivity index (χ0) is 11.8. The zero-order valence-electron chi connectivity index (χ0n) is 9.06. The smallest absolute Gasteiger partial charge is 0.322 e. The molecule has 0 saturated carbocycles. The fourth-order valence-corrected chi connectivity index (χ4v) is 0.965. The van der Waals surface area contributed by atoms with Crippen molar-refractivity contribution in [3.63, 3.8) is 0 Å². The van der Waals surface area contributed by atoms with Crippen LogP contribution in [0.3, 0.4) is 0 Å². The van der Waals surface area contributed by atoms with E-state index >= 15 is 0 Å². The third-order valence-electron chi connectivity index (χ3n) is 1.69. The van der Waals surface area contributed by atoms with Crippen molar-refractivity contribution in [2.75, 3.05) is 13.2 Å². The normalized spacial score (nSPS) is 14.1. The molecule has 0 aromatic carbocycles. The molecule has 0 aliphatic carbocycles. The van der Waals surface area contributed by atoms with E-state index in [1.54, 1.807) is 13.8 Å². The van der Waals surface area contributed by atoms with E-state index in [1.807, 2.05) is 0 Å². The lowest BCUT2D eigenvalue weighted by Gasteiger charge is -2.14. The Kier molecular flexibility index (Phi) is 6.64. The molecule has 0 aromatic heterocycles. The van der Waals surface area contributed by atoms with Gasteiger partial charge in [-0.3, -0.25) is 9.59 Å². The first-order valence-corrected chi connectivity index (χ1v) is 4.87. The molecule has 0 rings (SSSR count). The predicted octanol–water partition coefficient (Wildman–Crippen LogP) is -0.843.